The van der Waals surface area contributed by atoms with E-state index in [1.165, 1.54) is 13.2 Å². The molecule has 1 aromatic rings. The Balaban J connectivity index is 2.89. The number of halogens is 1. The van der Waals surface area contributed by atoms with Gasteiger partial charge in [-0.1, -0.05) is 23.7 Å². The zero-order chi connectivity index (χ0) is 10.6. The molecule has 0 radical (unpaired) electrons. The van der Waals surface area contributed by atoms with Crippen LogP contribution in [0.25, 0.3) is 5.57 Å². The number of benzene rings is 1. The van der Waals surface area contributed by atoms with E-state index in [4.69, 9.17) is 11.6 Å². The molecule has 0 aliphatic carbocycles. The summed E-state index contributed by atoms with van der Waals surface area (Å²) in [5.41, 5.74) is 1.81. The molecule has 0 N–H and O–H groups in total. The number of carbonyl (C=O) groups excluding carboxylic acids is 1. The minimum atomic E-state index is -0.350. The third-order valence-electron chi connectivity index (χ3n) is 1.84. The van der Waals surface area contributed by atoms with Crippen molar-refractivity contribution in [1.29, 1.82) is 0 Å². The van der Waals surface area contributed by atoms with E-state index < -0.39 is 0 Å². The summed E-state index contributed by atoms with van der Waals surface area (Å²) >= 11 is 5.74. The average Bonchev–Trinajstić information content (AvgIpc) is 2.18. The van der Waals surface area contributed by atoms with Gasteiger partial charge in [0.05, 0.1) is 7.11 Å². The standard InChI is InChI=1S/C11H11ClO2/c1-8(7-11(13)14-2)9-3-5-10(12)6-4-9/h3-7H,1-2H3/b8-7+. The molecule has 0 saturated carbocycles. The number of rotatable bonds is 2. The molecule has 0 spiro atoms. The minimum absolute atomic E-state index is 0.350. The Morgan fingerprint density at radius 2 is 1.93 bits per heavy atom. The van der Waals surface area contributed by atoms with Crippen molar-refractivity contribution < 1.29 is 9.53 Å². The van der Waals surface area contributed by atoms with Crippen LogP contribution in [-0.4, -0.2) is 13.1 Å². The second-order valence-corrected chi connectivity index (χ2v) is 3.29. The summed E-state index contributed by atoms with van der Waals surface area (Å²) in [4.78, 5) is 10.9. The van der Waals surface area contributed by atoms with E-state index in [0.29, 0.717) is 5.02 Å². The van der Waals surface area contributed by atoms with Crippen LogP contribution < -0.4 is 0 Å². The van der Waals surface area contributed by atoms with Gasteiger partial charge in [0.15, 0.2) is 0 Å². The molecule has 0 fully saturated rings. The molecule has 0 unspecified atom stereocenters. The van der Waals surface area contributed by atoms with Gasteiger partial charge in [-0.25, -0.2) is 4.79 Å². The second-order valence-electron chi connectivity index (χ2n) is 2.86. The molecule has 0 bridgehead atoms. The lowest BCUT2D eigenvalue weighted by Crippen LogP contribution is -1.95. The topological polar surface area (TPSA) is 26.3 Å². The summed E-state index contributed by atoms with van der Waals surface area (Å²) in [6, 6.07) is 7.28. The minimum Gasteiger partial charge on any atom is -0.466 e. The third kappa shape index (κ3) is 2.89. The van der Waals surface area contributed by atoms with E-state index in [1.807, 2.05) is 19.1 Å². The second kappa shape index (κ2) is 4.82. The van der Waals surface area contributed by atoms with Crippen molar-refractivity contribution in [2.75, 3.05) is 7.11 Å². The number of ether oxygens (including phenoxy) is 1. The molecule has 0 aromatic heterocycles. The van der Waals surface area contributed by atoms with Gasteiger partial charge in [-0.2, -0.15) is 0 Å². The first-order chi connectivity index (χ1) is 6.63. The van der Waals surface area contributed by atoms with Crippen molar-refractivity contribution >= 4 is 23.1 Å². The number of carbonyl (C=O) groups is 1. The first-order valence-electron chi connectivity index (χ1n) is 4.15. The largest absolute Gasteiger partial charge is 0.466 e. The van der Waals surface area contributed by atoms with Crippen LogP contribution in [0.2, 0.25) is 5.02 Å². The summed E-state index contributed by atoms with van der Waals surface area (Å²) in [7, 11) is 1.36. The Labute approximate surface area is 88.1 Å². The lowest BCUT2D eigenvalue weighted by atomic mass is 10.1. The van der Waals surface area contributed by atoms with Gasteiger partial charge in [-0.3, -0.25) is 0 Å². The fourth-order valence-corrected chi connectivity index (χ4v) is 1.16. The predicted molar refractivity (Wildman–Crippen MR) is 57.1 cm³/mol. The SMILES string of the molecule is COC(=O)/C=C(\C)c1ccc(Cl)cc1. The quantitative estimate of drug-likeness (QED) is 0.554. The molecule has 2 nitrogen and oxygen atoms in total. The molecule has 0 heterocycles. The van der Waals surface area contributed by atoms with Gasteiger partial charge in [0.1, 0.15) is 0 Å². The summed E-state index contributed by atoms with van der Waals surface area (Å²) in [6.07, 6.45) is 1.45. The number of hydrogen-bond acceptors (Lipinski definition) is 2. The lowest BCUT2D eigenvalue weighted by Gasteiger charge is -2.00. The zero-order valence-corrected chi connectivity index (χ0v) is 8.84. The first kappa shape index (κ1) is 10.8. The van der Waals surface area contributed by atoms with Crippen LogP contribution in [0, 0.1) is 0 Å². The Morgan fingerprint density at radius 1 is 1.36 bits per heavy atom. The first-order valence-corrected chi connectivity index (χ1v) is 4.53. The van der Waals surface area contributed by atoms with E-state index in [-0.39, 0.29) is 5.97 Å². The Kier molecular flexibility index (Phi) is 3.72. The van der Waals surface area contributed by atoms with Crippen LogP contribution in [0.4, 0.5) is 0 Å². The van der Waals surface area contributed by atoms with Crippen molar-refractivity contribution in [3.8, 4) is 0 Å². The van der Waals surface area contributed by atoms with Crippen molar-refractivity contribution in [1.82, 2.24) is 0 Å². The summed E-state index contributed by atoms with van der Waals surface area (Å²) in [6.45, 7) is 1.85. The van der Waals surface area contributed by atoms with E-state index >= 15 is 0 Å². The van der Waals surface area contributed by atoms with E-state index in [0.717, 1.165) is 11.1 Å². The fraction of sp³-hybridized carbons (Fsp3) is 0.182. The third-order valence-corrected chi connectivity index (χ3v) is 2.09. The highest BCUT2D eigenvalue weighted by molar-refractivity contribution is 6.30. The molecule has 74 valence electrons. The van der Waals surface area contributed by atoms with Crippen molar-refractivity contribution in [3.63, 3.8) is 0 Å². The predicted octanol–water partition coefficient (Wildman–Crippen LogP) is 2.92. The molecule has 14 heavy (non-hydrogen) atoms. The number of methoxy groups -OCH3 is 1. The molecule has 0 saturated heterocycles. The van der Waals surface area contributed by atoms with Gasteiger partial charge in [0.25, 0.3) is 0 Å². The molecular formula is C11H11ClO2. The highest BCUT2D eigenvalue weighted by Gasteiger charge is 1.99. The molecule has 3 heteroatoms. The van der Waals surface area contributed by atoms with E-state index in [9.17, 15) is 4.79 Å². The maximum atomic E-state index is 10.9. The fourth-order valence-electron chi connectivity index (χ4n) is 1.03. The molecule has 1 rings (SSSR count). The summed E-state index contributed by atoms with van der Waals surface area (Å²) < 4.78 is 4.52. The maximum Gasteiger partial charge on any atom is 0.330 e. The Morgan fingerprint density at radius 3 is 2.43 bits per heavy atom. The van der Waals surface area contributed by atoms with Gasteiger partial charge in [0, 0.05) is 11.1 Å². The van der Waals surface area contributed by atoms with Crippen LogP contribution >= 0.6 is 11.6 Å². The van der Waals surface area contributed by atoms with Crippen molar-refractivity contribution in [3.05, 3.63) is 40.9 Å². The summed E-state index contributed by atoms with van der Waals surface area (Å²) in [5.74, 6) is -0.350. The van der Waals surface area contributed by atoms with Crippen molar-refractivity contribution in [2.24, 2.45) is 0 Å². The van der Waals surface area contributed by atoms with Gasteiger partial charge in [-0.05, 0) is 30.2 Å². The van der Waals surface area contributed by atoms with Crippen LogP contribution in [0.5, 0.6) is 0 Å². The monoisotopic (exact) mass is 210 g/mol. The molecular weight excluding hydrogens is 200 g/mol. The highest BCUT2D eigenvalue weighted by atomic mass is 35.5. The molecule has 0 atom stereocenters. The number of allylic oxidation sites excluding steroid dienone is 1. The number of esters is 1. The lowest BCUT2D eigenvalue weighted by molar-refractivity contribution is -0.134. The average molecular weight is 211 g/mol. The van der Waals surface area contributed by atoms with Gasteiger partial charge in [-0.15, -0.1) is 0 Å². The number of hydrogen-bond donors (Lipinski definition) is 0. The molecule has 1 aromatic carbocycles. The molecule has 0 aliphatic heterocycles. The van der Waals surface area contributed by atoms with E-state index in [1.54, 1.807) is 12.1 Å². The smallest absolute Gasteiger partial charge is 0.330 e. The van der Waals surface area contributed by atoms with Crippen LogP contribution in [-0.2, 0) is 9.53 Å². The zero-order valence-electron chi connectivity index (χ0n) is 8.08. The highest BCUT2D eigenvalue weighted by Crippen LogP contribution is 2.16. The Bertz CT molecular complexity index is 352. The van der Waals surface area contributed by atoms with Gasteiger partial charge >= 0.3 is 5.97 Å². The molecule has 0 aliphatic rings. The maximum absolute atomic E-state index is 10.9. The van der Waals surface area contributed by atoms with Crippen molar-refractivity contribution in [2.45, 2.75) is 6.92 Å². The van der Waals surface area contributed by atoms with Crippen LogP contribution in [0.3, 0.4) is 0 Å². The van der Waals surface area contributed by atoms with Crippen LogP contribution in [0.1, 0.15) is 12.5 Å². The van der Waals surface area contributed by atoms with Gasteiger partial charge < -0.3 is 4.74 Å². The van der Waals surface area contributed by atoms with Gasteiger partial charge in [0.2, 0.25) is 0 Å². The normalized spacial score (nSPS) is 11.2. The van der Waals surface area contributed by atoms with Crippen LogP contribution in [0.15, 0.2) is 30.3 Å². The molecule has 0 amide bonds. The van der Waals surface area contributed by atoms with E-state index in [2.05, 4.69) is 4.74 Å². The Hall–Kier alpha value is -1.28. The summed E-state index contributed by atoms with van der Waals surface area (Å²) in [5, 5.41) is 0.680.